The molecule has 1 heterocycles. The maximum Gasteiger partial charge on any atom is 0.298 e. The molecule has 2 heteroatoms. The van der Waals surface area contributed by atoms with Crippen molar-refractivity contribution in [1.82, 2.24) is 0 Å². The molecule has 1 rings (SSSR count). The van der Waals surface area contributed by atoms with E-state index in [0.29, 0.717) is 6.42 Å². The topological polar surface area (TPSA) is 3.88 Å². The molecule has 0 spiro atoms. The van der Waals surface area contributed by atoms with Crippen molar-refractivity contribution < 1.29 is 8.96 Å². The third-order valence-electron chi connectivity index (χ3n) is 3.36. The highest BCUT2D eigenvalue weighted by Gasteiger charge is 2.14. The lowest BCUT2D eigenvalue weighted by Crippen LogP contribution is -2.35. The van der Waals surface area contributed by atoms with Crippen LogP contribution in [-0.2, 0) is 0 Å². The second kappa shape index (κ2) is 10.0. The van der Waals surface area contributed by atoms with Crippen LogP contribution in [0.25, 0.3) is 0 Å². The summed E-state index contributed by atoms with van der Waals surface area (Å²) in [5.74, 6) is 0. The minimum absolute atomic E-state index is 0.643. The molecule has 18 heavy (non-hydrogen) atoms. The van der Waals surface area contributed by atoms with Crippen molar-refractivity contribution >= 4 is 0 Å². The van der Waals surface area contributed by atoms with Gasteiger partial charge in [0.15, 0.2) is 12.4 Å². The average molecular weight is 252 g/mol. The fourth-order valence-corrected chi connectivity index (χ4v) is 2.19. The number of pyridine rings is 1. The van der Waals surface area contributed by atoms with Crippen LogP contribution in [0.15, 0.2) is 30.6 Å². The summed E-state index contributed by atoms with van der Waals surface area (Å²) in [6.07, 6.45) is 13.5. The van der Waals surface area contributed by atoms with Crippen LogP contribution in [0.4, 0.5) is 4.39 Å². The Balaban J connectivity index is 1.98. The van der Waals surface area contributed by atoms with Crippen LogP contribution in [0.1, 0.15) is 71.0 Å². The Morgan fingerprint density at radius 2 is 1.39 bits per heavy atom. The van der Waals surface area contributed by atoms with Gasteiger partial charge in [0.2, 0.25) is 0 Å². The fourth-order valence-electron chi connectivity index (χ4n) is 2.19. The average Bonchev–Trinajstić information content (AvgIpc) is 2.42. The molecule has 0 aliphatic heterocycles. The smallest absolute Gasteiger partial charge is 0.175 e. The van der Waals surface area contributed by atoms with E-state index >= 15 is 0 Å². The summed E-state index contributed by atoms with van der Waals surface area (Å²) in [6.45, 7) is 2.24. The molecule has 0 aliphatic carbocycles. The number of alkyl halides is 1. The van der Waals surface area contributed by atoms with E-state index in [1.807, 2.05) is 18.2 Å². The Bertz CT molecular complexity index is 286. The van der Waals surface area contributed by atoms with Gasteiger partial charge in [-0.1, -0.05) is 57.9 Å². The number of unbranched alkanes of at least 4 members (excludes halogenated alkanes) is 7. The van der Waals surface area contributed by atoms with E-state index in [1.54, 1.807) is 17.0 Å². The van der Waals surface area contributed by atoms with Crippen LogP contribution in [0.2, 0.25) is 0 Å². The number of rotatable bonds is 10. The maximum atomic E-state index is 13.8. The van der Waals surface area contributed by atoms with Gasteiger partial charge in [0, 0.05) is 18.6 Å². The molecule has 0 fully saturated rings. The molecule has 0 saturated heterocycles. The highest BCUT2D eigenvalue weighted by atomic mass is 19.1. The summed E-state index contributed by atoms with van der Waals surface area (Å²) in [5.41, 5.74) is 0. The minimum Gasteiger partial charge on any atom is -0.175 e. The lowest BCUT2D eigenvalue weighted by molar-refractivity contribution is -0.748. The van der Waals surface area contributed by atoms with Crippen molar-refractivity contribution in [3.8, 4) is 0 Å². The van der Waals surface area contributed by atoms with Gasteiger partial charge >= 0.3 is 0 Å². The van der Waals surface area contributed by atoms with E-state index in [2.05, 4.69) is 6.92 Å². The Kier molecular flexibility index (Phi) is 8.45. The van der Waals surface area contributed by atoms with E-state index in [0.717, 1.165) is 6.42 Å². The van der Waals surface area contributed by atoms with Gasteiger partial charge in [0.25, 0.3) is 6.30 Å². The number of hydrogen-bond donors (Lipinski definition) is 0. The quantitative estimate of drug-likeness (QED) is 0.409. The van der Waals surface area contributed by atoms with Crippen LogP contribution in [0.5, 0.6) is 0 Å². The molecule has 0 aromatic carbocycles. The molecule has 1 atom stereocenters. The van der Waals surface area contributed by atoms with Crippen LogP contribution < -0.4 is 4.57 Å². The Labute approximate surface area is 111 Å². The van der Waals surface area contributed by atoms with E-state index in [-0.39, 0.29) is 0 Å². The number of halogens is 1. The van der Waals surface area contributed by atoms with Crippen LogP contribution in [-0.4, -0.2) is 0 Å². The van der Waals surface area contributed by atoms with Gasteiger partial charge < -0.3 is 0 Å². The van der Waals surface area contributed by atoms with Gasteiger partial charge in [-0.25, -0.2) is 0 Å². The molecule has 1 nitrogen and oxygen atoms in total. The van der Waals surface area contributed by atoms with Crippen molar-refractivity contribution in [1.29, 1.82) is 0 Å². The van der Waals surface area contributed by atoms with E-state index in [9.17, 15) is 4.39 Å². The van der Waals surface area contributed by atoms with Crippen LogP contribution >= 0.6 is 0 Å². The fraction of sp³-hybridized carbons (Fsp3) is 0.688. The van der Waals surface area contributed by atoms with Gasteiger partial charge in [-0.2, -0.15) is 8.96 Å². The van der Waals surface area contributed by atoms with Gasteiger partial charge in [-0.15, -0.1) is 0 Å². The van der Waals surface area contributed by atoms with Crippen LogP contribution in [0.3, 0.4) is 0 Å². The molecule has 0 amide bonds. The largest absolute Gasteiger partial charge is 0.298 e. The minimum atomic E-state index is -0.855. The third kappa shape index (κ3) is 6.73. The normalized spacial score (nSPS) is 12.6. The third-order valence-corrected chi connectivity index (χ3v) is 3.36. The number of hydrogen-bond acceptors (Lipinski definition) is 0. The summed E-state index contributed by atoms with van der Waals surface area (Å²) < 4.78 is 15.4. The molecular formula is C16H27FN+. The molecule has 0 bridgehead atoms. The van der Waals surface area contributed by atoms with Gasteiger partial charge in [-0.05, 0) is 6.42 Å². The Morgan fingerprint density at radius 1 is 0.833 bits per heavy atom. The second-order valence-corrected chi connectivity index (χ2v) is 5.02. The molecule has 1 aromatic rings. The second-order valence-electron chi connectivity index (χ2n) is 5.02. The van der Waals surface area contributed by atoms with E-state index in [1.165, 1.54) is 44.9 Å². The van der Waals surface area contributed by atoms with Gasteiger partial charge in [0.1, 0.15) is 0 Å². The van der Waals surface area contributed by atoms with Crippen molar-refractivity contribution in [3.63, 3.8) is 0 Å². The molecule has 102 valence electrons. The summed E-state index contributed by atoms with van der Waals surface area (Å²) in [5, 5.41) is 0. The lowest BCUT2D eigenvalue weighted by atomic mass is 10.1. The first-order chi connectivity index (χ1) is 8.84. The van der Waals surface area contributed by atoms with Crippen molar-refractivity contribution in [3.05, 3.63) is 30.6 Å². The number of aromatic nitrogens is 1. The predicted octanol–water partition coefficient (Wildman–Crippen LogP) is 4.97. The number of nitrogens with zero attached hydrogens (tertiary/aromatic N) is 1. The first-order valence-electron chi connectivity index (χ1n) is 7.44. The maximum absolute atomic E-state index is 13.8. The molecular weight excluding hydrogens is 225 g/mol. The van der Waals surface area contributed by atoms with Crippen molar-refractivity contribution in [2.45, 2.75) is 71.0 Å². The zero-order valence-electron chi connectivity index (χ0n) is 11.7. The Morgan fingerprint density at radius 3 is 2.00 bits per heavy atom. The van der Waals surface area contributed by atoms with Gasteiger partial charge in [0.05, 0.1) is 0 Å². The molecule has 1 aromatic heterocycles. The highest BCUT2D eigenvalue weighted by Crippen LogP contribution is 2.13. The standard InChI is InChI=1S/C16H27FN/c1-2-3-4-5-6-7-8-10-13-16(17)18-14-11-9-12-15-18/h9,11-12,14-16H,2-8,10,13H2,1H3/q+1. The van der Waals surface area contributed by atoms with Gasteiger partial charge in [-0.3, -0.25) is 0 Å². The van der Waals surface area contributed by atoms with Crippen LogP contribution in [0, 0.1) is 0 Å². The summed E-state index contributed by atoms with van der Waals surface area (Å²) in [4.78, 5) is 0. The first kappa shape index (κ1) is 15.1. The lowest BCUT2D eigenvalue weighted by Gasteiger charge is -2.04. The zero-order chi connectivity index (χ0) is 13.1. The summed E-state index contributed by atoms with van der Waals surface area (Å²) in [6, 6.07) is 5.67. The first-order valence-corrected chi connectivity index (χ1v) is 7.44. The molecule has 1 unspecified atom stereocenters. The summed E-state index contributed by atoms with van der Waals surface area (Å²) >= 11 is 0. The predicted molar refractivity (Wildman–Crippen MR) is 74.0 cm³/mol. The Hall–Kier alpha value is -0.920. The van der Waals surface area contributed by atoms with E-state index in [4.69, 9.17) is 0 Å². The molecule has 0 aliphatic rings. The SMILES string of the molecule is CCCCCCCCCCC(F)[n+]1ccccc1. The molecule has 0 saturated carbocycles. The monoisotopic (exact) mass is 252 g/mol. The molecule has 0 radical (unpaired) electrons. The van der Waals surface area contributed by atoms with E-state index < -0.39 is 6.30 Å². The zero-order valence-corrected chi connectivity index (χ0v) is 11.7. The summed E-state index contributed by atoms with van der Waals surface area (Å²) in [7, 11) is 0. The van der Waals surface area contributed by atoms with Crippen molar-refractivity contribution in [2.24, 2.45) is 0 Å². The molecule has 0 N–H and O–H groups in total. The van der Waals surface area contributed by atoms with Crippen molar-refractivity contribution in [2.75, 3.05) is 0 Å². The highest BCUT2D eigenvalue weighted by molar-refractivity contribution is 4.83.